The second-order valence-corrected chi connectivity index (χ2v) is 9.45. The molecule has 31 heavy (non-hydrogen) atoms. The van der Waals surface area contributed by atoms with E-state index in [-0.39, 0.29) is 6.61 Å². The summed E-state index contributed by atoms with van der Waals surface area (Å²) in [6.07, 6.45) is 0. The fraction of sp³-hybridized carbons (Fsp3) is 0.227. The van der Waals surface area contributed by atoms with Crippen LogP contribution in [-0.4, -0.2) is 19.7 Å². The molecular weight excluding hydrogens is 471 g/mol. The van der Waals surface area contributed by atoms with Gasteiger partial charge in [0.25, 0.3) is 0 Å². The van der Waals surface area contributed by atoms with E-state index in [1.54, 1.807) is 41.3 Å². The number of aromatic nitrogens is 4. The molecule has 2 aromatic heterocycles. The van der Waals surface area contributed by atoms with Crippen molar-refractivity contribution in [2.45, 2.75) is 37.9 Å². The second kappa shape index (κ2) is 10.0. The van der Waals surface area contributed by atoms with E-state index in [9.17, 15) is 0 Å². The largest absolute Gasteiger partial charge is 0.484 e. The Balaban J connectivity index is 1.42. The van der Waals surface area contributed by atoms with E-state index in [2.05, 4.69) is 53.7 Å². The summed E-state index contributed by atoms with van der Waals surface area (Å²) in [5.41, 5.74) is 3.41. The van der Waals surface area contributed by atoms with Crippen LogP contribution in [0, 0.1) is 6.92 Å². The molecule has 0 spiro atoms. The lowest BCUT2D eigenvalue weighted by Crippen LogP contribution is -2.07. The van der Waals surface area contributed by atoms with Gasteiger partial charge in [-0.1, -0.05) is 58.7 Å². The lowest BCUT2D eigenvalue weighted by molar-refractivity contribution is 0.288. The van der Waals surface area contributed by atoms with Crippen LogP contribution in [0.3, 0.4) is 0 Å². The minimum Gasteiger partial charge on any atom is -0.484 e. The van der Waals surface area contributed by atoms with Crippen molar-refractivity contribution >= 4 is 46.3 Å². The number of aryl methyl sites for hydroxylation is 1. The number of nitrogens with zero attached hydrogens (tertiary/aromatic N) is 4. The fourth-order valence-electron chi connectivity index (χ4n) is 3.00. The van der Waals surface area contributed by atoms with Gasteiger partial charge in [-0.25, -0.2) is 4.98 Å². The molecule has 0 saturated carbocycles. The maximum absolute atomic E-state index is 6.18. The van der Waals surface area contributed by atoms with Gasteiger partial charge in [0.2, 0.25) is 0 Å². The lowest BCUT2D eigenvalue weighted by Gasteiger charge is -2.10. The Morgan fingerprint density at radius 2 is 2.00 bits per heavy atom. The predicted octanol–water partition coefficient (Wildman–Crippen LogP) is 6.91. The highest BCUT2D eigenvalue weighted by atomic mass is 35.5. The second-order valence-electron chi connectivity index (χ2n) is 6.81. The molecule has 0 aliphatic rings. The third-order valence-electron chi connectivity index (χ3n) is 4.53. The molecule has 0 saturated heterocycles. The van der Waals surface area contributed by atoms with E-state index in [1.165, 1.54) is 5.56 Å². The van der Waals surface area contributed by atoms with Gasteiger partial charge in [0.1, 0.15) is 17.4 Å². The maximum Gasteiger partial charge on any atom is 0.191 e. The Labute approximate surface area is 199 Å². The fourth-order valence-corrected chi connectivity index (χ4v) is 5.17. The summed E-state index contributed by atoms with van der Waals surface area (Å²) >= 11 is 15.5. The van der Waals surface area contributed by atoms with Crippen molar-refractivity contribution in [1.82, 2.24) is 19.7 Å². The third kappa shape index (κ3) is 5.41. The first kappa shape index (κ1) is 22.1. The zero-order valence-corrected chi connectivity index (χ0v) is 20.2. The van der Waals surface area contributed by atoms with Crippen LogP contribution in [0.5, 0.6) is 5.75 Å². The number of thiazole rings is 1. The summed E-state index contributed by atoms with van der Waals surface area (Å²) in [7, 11) is 0. The van der Waals surface area contributed by atoms with Gasteiger partial charge in [-0.15, -0.1) is 21.5 Å². The van der Waals surface area contributed by atoms with Crippen LogP contribution in [0.2, 0.25) is 10.0 Å². The van der Waals surface area contributed by atoms with Crippen molar-refractivity contribution in [3.63, 3.8) is 0 Å². The summed E-state index contributed by atoms with van der Waals surface area (Å²) in [5, 5.41) is 13.7. The molecule has 4 rings (SSSR count). The van der Waals surface area contributed by atoms with Crippen molar-refractivity contribution in [3.05, 3.63) is 75.0 Å². The van der Waals surface area contributed by atoms with E-state index < -0.39 is 0 Å². The number of rotatable bonds is 8. The smallest absolute Gasteiger partial charge is 0.191 e. The molecule has 0 amide bonds. The average molecular weight is 491 g/mol. The first-order valence-electron chi connectivity index (χ1n) is 9.67. The van der Waals surface area contributed by atoms with Crippen LogP contribution in [0.1, 0.15) is 24.0 Å². The summed E-state index contributed by atoms with van der Waals surface area (Å²) in [4.78, 5) is 4.78. The van der Waals surface area contributed by atoms with Gasteiger partial charge in [0.05, 0.1) is 10.7 Å². The zero-order valence-electron chi connectivity index (χ0n) is 17.0. The highest BCUT2D eigenvalue weighted by Gasteiger charge is 2.14. The molecule has 9 heteroatoms. The molecule has 0 unspecified atom stereocenters. The molecule has 0 atom stereocenters. The highest BCUT2D eigenvalue weighted by Crippen LogP contribution is 2.30. The van der Waals surface area contributed by atoms with Crippen LogP contribution in [0.25, 0.3) is 10.6 Å². The Hall–Kier alpha value is -2.06. The molecule has 2 aromatic carbocycles. The van der Waals surface area contributed by atoms with E-state index in [0.29, 0.717) is 15.8 Å². The van der Waals surface area contributed by atoms with Gasteiger partial charge in [0.15, 0.2) is 11.0 Å². The Kier molecular flexibility index (Phi) is 7.17. The quantitative estimate of drug-likeness (QED) is 0.251. The standard InChI is InChI=1S/C22H20Cl2N4OS2/c1-3-28-20(11-29-19-10-16(23)7-8-18(19)24)26-27-22(28)31-13-17-12-30-21(25-17)15-6-4-5-14(2)9-15/h4-10,12H,3,11,13H2,1-2H3. The van der Waals surface area contributed by atoms with Gasteiger partial charge in [-0.3, -0.25) is 0 Å². The molecule has 0 bridgehead atoms. The van der Waals surface area contributed by atoms with E-state index >= 15 is 0 Å². The predicted molar refractivity (Wildman–Crippen MR) is 128 cm³/mol. The first-order chi connectivity index (χ1) is 15.0. The Morgan fingerprint density at radius 1 is 1.13 bits per heavy atom. The topological polar surface area (TPSA) is 52.8 Å². The monoisotopic (exact) mass is 490 g/mol. The first-order valence-corrected chi connectivity index (χ1v) is 12.3. The molecule has 160 valence electrons. The number of thioether (sulfide) groups is 1. The van der Waals surface area contributed by atoms with E-state index in [4.69, 9.17) is 32.9 Å². The summed E-state index contributed by atoms with van der Waals surface area (Å²) in [5.74, 6) is 1.99. The molecule has 5 nitrogen and oxygen atoms in total. The number of hydrogen-bond acceptors (Lipinski definition) is 6. The minimum atomic E-state index is 0.260. The number of halogens is 2. The van der Waals surface area contributed by atoms with Crippen LogP contribution in [0.15, 0.2) is 53.0 Å². The van der Waals surface area contributed by atoms with Crippen LogP contribution in [0.4, 0.5) is 0 Å². The van der Waals surface area contributed by atoms with Crippen LogP contribution >= 0.6 is 46.3 Å². The molecular formula is C22H20Cl2N4OS2. The Bertz CT molecular complexity index is 1190. The van der Waals surface area contributed by atoms with Crippen molar-refractivity contribution in [3.8, 4) is 16.3 Å². The molecule has 0 radical (unpaired) electrons. The molecule has 0 fully saturated rings. The molecule has 0 aliphatic carbocycles. The lowest BCUT2D eigenvalue weighted by atomic mass is 10.1. The summed E-state index contributed by atoms with van der Waals surface area (Å²) < 4.78 is 7.86. The molecule has 0 aliphatic heterocycles. The van der Waals surface area contributed by atoms with Gasteiger partial charge < -0.3 is 9.30 Å². The minimum absolute atomic E-state index is 0.260. The summed E-state index contributed by atoms with van der Waals surface area (Å²) in [6, 6.07) is 13.5. The van der Waals surface area contributed by atoms with E-state index in [0.717, 1.165) is 39.5 Å². The number of benzene rings is 2. The van der Waals surface area contributed by atoms with Crippen molar-refractivity contribution in [1.29, 1.82) is 0 Å². The van der Waals surface area contributed by atoms with Crippen molar-refractivity contribution in [2.75, 3.05) is 0 Å². The molecule has 4 aromatic rings. The number of hydrogen-bond donors (Lipinski definition) is 0. The van der Waals surface area contributed by atoms with Crippen LogP contribution < -0.4 is 4.74 Å². The SMILES string of the molecule is CCn1c(COc2cc(Cl)ccc2Cl)nnc1SCc1csc(-c2cccc(C)c2)n1. The maximum atomic E-state index is 6.18. The normalized spacial score (nSPS) is 11.1. The Morgan fingerprint density at radius 3 is 2.81 bits per heavy atom. The van der Waals surface area contributed by atoms with Gasteiger partial charge >= 0.3 is 0 Å². The third-order valence-corrected chi connectivity index (χ3v) is 7.01. The highest BCUT2D eigenvalue weighted by molar-refractivity contribution is 7.98. The number of ether oxygens (including phenoxy) is 1. The van der Waals surface area contributed by atoms with Gasteiger partial charge in [0, 0.05) is 34.3 Å². The zero-order chi connectivity index (χ0) is 21.8. The van der Waals surface area contributed by atoms with Crippen LogP contribution in [-0.2, 0) is 18.9 Å². The van der Waals surface area contributed by atoms with E-state index in [1.807, 2.05) is 4.57 Å². The van der Waals surface area contributed by atoms with Crippen molar-refractivity contribution < 1.29 is 4.74 Å². The van der Waals surface area contributed by atoms with Crippen molar-refractivity contribution in [2.24, 2.45) is 0 Å². The van der Waals surface area contributed by atoms with Gasteiger partial charge in [-0.05, 0) is 32.0 Å². The summed E-state index contributed by atoms with van der Waals surface area (Å²) in [6.45, 7) is 5.15. The van der Waals surface area contributed by atoms with Gasteiger partial charge in [-0.2, -0.15) is 0 Å². The molecule has 2 heterocycles. The molecule has 0 N–H and O–H groups in total. The average Bonchev–Trinajstić information content (AvgIpc) is 3.39.